The van der Waals surface area contributed by atoms with Crippen LogP contribution in [0, 0.1) is 5.92 Å². The highest BCUT2D eigenvalue weighted by Gasteiger charge is 2.46. The van der Waals surface area contributed by atoms with Gasteiger partial charge in [-0.05, 0) is 31.2 Å². The van der Waals surface area contributed by atoms with Crippen molar-refractivity contribution in [2.45, 2.75) is 63.6 Å². The Hall–Kier alpha value is -1.77. The summed E-state index contributed by atoms with van der Waals surface area (Å²) in [5.41, 5.74) is 1.19. The van der Waals surface area contributed by atoms with Crippen molar-refractivity contribution in [3.63, 3.8) is 0 Å². The molecule has 3 atom stereocenters. The van der Waals surface area contributed by atoms with Gasteiger partial charge in [0.05, 0.1) is 12.1 Å². The summed E-state index contributed by atoms with van der Waals surface area (Å²) in [6.45, 7) is 2.12. The molecule has 0 N–H and O–H groups in total. The maximum Gasteiger partial charge on any atom is 0.251 e. The number of amides is 1. The van der Waals surface area contributed by atoms with Crippen molar-refractivity contribution in [2.24, 2.45) is 5.92 Å². The Morgan fingerprint density at radius 2 is 1.87 bits per heavy atom. The minimum Gasteiger partial charge on any atom is -0.492 e. The molecule has 1 amide bonds. The maximum absolute atomic E-state index is 12.5. The SMILES string of the molecule is C[C@@H](c1ccccc1)N1C(=O)C=C2O[C@@H](C3CCCCC3)C[C@@H]21. The minimum atomic E-state index is 0.0937. The Labute approximate surface area is 138 Å². The van der Waals surface area contributed by atoms with Gasteiger partial charge in [-0.1, -0.05) is 49.6 Å². The zero-order valence-corrected chi connectivity index (χ0v) is 13.8. The molecule has 3 heteroatoms. The Morgan fingerprint density at radius 3 is 2.61 bits per heavy atom. The van der Waals surface area contributed by atoms with E-state index >= 15 is 0 Å². The third-order valence-corrected chi connectivity index (χ3v) is 5.80. The summed E-state index contributed by atoms with van der Waals surface area (Å²) in [7, 11) is 0. The summed E-state index contributed by atoms with van der Waals surface area (Å²) >= 11 is 0. The second-order valence-corrected chi connectivity index (χ2v) is 7.18. The third-order valence-electron chi connectivity index (χ3n) is 5.80. The highest BCUT2D eigenvalue weighted by atomic mass is 16.5. The molecule has 3 aliphatic rings. The number of carbonyl (C=O) groups is 1. The molecule has 23 heavy (non-hydrogen) atoms. The van der Waals surface area contributed by atoms with Crippen molar-refractivity contribution < 1.29 is 9.53 Å². The van der Waals surface area contributed by atoms with E-state index in [2.05, 4.69) is 19.1 Å². The standard InChI is InChI=1S/C20H25NO2/c1-14(15-8-4-2-5-9-15)21-17-12-18(16-10-6-3-7-11-16)23-19(17)13-20(21)22/h2,4-5,8-9,13-14,16-18H,3,6-7,10-12H2,1H3/t14-,17-,18+/m0/s1. The lowest BCUT2D eigenvalue weighted by Gasteiger charge is -2.31. The minimum absolute atomic E-state index is 0.0937. The zero-order valence-electron chi connectivity index (χ0n) is 13.8. The molecule has 122 valence electrons. The molecule has 1 saturated carbocycles. The normalized spacial score (nSPS) is 29.2. The fraction of sp³-hybridized carbons (Fsp3) is 0.550. The molecule has 2 aliphatic heterocycles. The van der Waals surface area contributed by atoms with Crippen LogP contribution in [0.5, 0.6) is 0 Å². The van der Waals surface area contributed by atoms with Crippen LogP contribution in [-0.4, -0.2) is 23.0 Å². The molecule has 1 saturated heterocycles. The Kier molecular flexibility index (Phi) is 3.88. The number of benzene rings is 1. The lowest BCUT2D eigenvalue weighted by molar-refractivity contribution is -0.128. The summed E-state index contributed by atoms with van der Waals surface area (Å²) < 4.78 is 6.21. The number of fused-ring (bicyclic) bond motifs is 1. The van der Waals surface area contributed by atoms with Crippen molar-refractivity contribution in [1.82, 2.24) is 4.90 Å². The van der Waals surface area contributed by atoms with Crippen molar-refractivity contribution in [2.75, 3.05) is 0 Å². The van der Waals surface area contributed by atoms with Crippen molar-refractivity contribution in [3.8, 4) is 0 Å². The van der Waals surface area contributed by atoms with E-state index in [0.29, 0.717) is 12.0 Å². The van der Waals surface area contributed by atoms with Crippen LogP contribution in [0.3, 0.4) is 0 Å². The molecule has 1 aromatic carbocycles. The molecular weight excluding hydrogens is 286 g/mol. The van der Waals surface area contributed by atoms with Crippen molar-refractivity contribution in [1.29, 1.82) is 0 Å². The van der Waals surface area contributed by atoms with Crippen LogP contribution < -0.4 is 0 Å². The lowest BCUT2D eigenvalue weighted by Crippen LogP contribution is -2.37. The maximum atomic E-state index is 12.5. The van der Waals surface area contributed by atoms with Crippen LogP contribution in [-0.2, 0) is 9.53 Å². The topological polar surface area (TPSA) is 29.5 Å². The van der Waals surface area contributed by atoms with Crippen molar-refractivity contribution in [3.05, 3.63) is 47.7 Å². The molecule has 4 rings (SSSR count). The smallest absolute Gasteiger partial charge is 0.251 e. The quantitative estimate of drug-likeness (QED) is 0.837. The predicted octanol–water partition coefficient (Wildman–Crippen LogP) is 4.21. The number of nitrogens with zero attached hydrogens (tertiary/aromatic N) is 1. The van der Waals surface area contributed by atoms with Gasteiger partial charge >= 0.3 is 0 Å². The van der Waals surface area contributed by atoms with E-state index in [4.69, 9.17) is 4.74 Å². The van der Waals surface area contributed by atoms with Gasteiger partial charge in [-0.25, -0.2) is 0 Å². The monoisotopic (exact) mass is 311 g/mol. The van der Waals surface area contributed by atoms with E-state index in [1.807, 2.05) is 23.1 Å². The highest BCUT2D eigenvalue weighted by molar-refractivity contribution is 5.92. The molecule has 0 aromatic heterocycles. The van der Waals surface area contributed by atoms with E-state index < -0.39 is 0 Å². The number of carbonyl (C=O) groups excluding carboxylic acids is 1. The number of hydrogen-bond donors (Lipinski definition) is 0. The summed E-state index contributed by atoms with van der Waals surface area (Å²) in [6.07, 6.45) is 9.61. The summed E-state index contributed by atoms with van der Waals surface area (Å²) in [4.78, 5) is 14.5. The van der Waals surface area contributed by atoms with Crippen molar-refractivity contribution >= 4 is 5.91 Å². The predicted molar refractivity (Wildman–Crippen MR) is 89.6 cm³/mol. The Balaban J connectivity index is 1.51. The number of ether oxygens (including phenoxy) is 1. The van der Waals surface area contributed by atoms with Crippen LogP contribution in [0.15, 0.2) is 42.2 Å². The fourth-order valence-electron chi connectivity index (χ4n) is 4.52. The number of rotatable bonds is 3. The first-order valence-electron chi connectivity index (χ1n) is 8.99. The molecule has 0 radical (unpaired) electrons. The fourth-order valence-corrected chi connectivity index (χ4v) is 4.52. The molecule has 2 heterocycles. The summed E-state index contributed by atoms with van der Waals surface area (Å²) in [6, 6.07) is 10.5. The van der Waals surface area contributed by atoms with Crippen LogP contribution in [0.25, 0.3) is 0 Å². The summed E-state index contributed by atoms with van der Waals surface area (Å²) in [5.74, 6) is 1.69. The van der Waals surface area contributed by atoms with E-state index in [9.17, 15) is 4.79 Å². The van der Waals surface area contributed by atoms with Crippen LogP contribution in [0.1, 0.15) is 57.1 Å². The van der Waals surface area contributed by atoms with Gasteiger partial charge in [0, 0.05) is 12.5 Å². The molecule has 3 nitrogen and oxygen atoms in total. The Morgan fingerprint density at radius 1 is 1.13 bits per heavy atom. The zero-order chi connectivity index (χ0) is 15.8. The van der Waals surface area contributed by atoms with Crippen LogP contribution in [0.4, 0.5) is 0 Å². The first-order chi connectivity index (χ1) is 11.2. The molecule has 0 unspecified atom stereocenters. The average Bonchev–Trinajstić information content (AvgIpc) is 3.12. The first kappa shape index (κ1) is 14.8. The van der Waals surface area contributed by atoms with Gasteiger partial charge in [-0.3, -0.25) is 4.79 Å². The second kappa shape index (κ2) is 6.03. The van der Waals surface area contributed by atoms with Gasteiger partial charge in [-0.15, -0.1) is 0 Å². The average molecular weight is 311 g/mol. The molecular formula is C20H25NO2. The number of hydrogen-bond acceptors (Lipinski definition) is 2. The molecule has 0 spiro atoms. The van der Waals surface area contributed by atoms with Gasteiger partial charge in [-0.2, -0.15) is 0 Å². The van der Waals surface area contributed by atoms with E-state index in [0.717, 1.165) is 12.2 Å². The van der Waals surface area contributed by atoms with Gasteiger partial charge in [0.1, 0.15) is 11.9 Å². The van der Waals surface area contributed by atoms with Gasteiger partial charge in [0.25, 0.3) is 5.91 Å². The van der Waals surface area contributed by atoms with E-state index in [1.54, 1.807) is 6.08 Å². The third kappa shape index (κ3) is 2.66. The highest BCUT2D eigenvalue weighted by Crippen LogP contribution is 2.42. The van der Waals surface area contributed by atoms with Gasteiger partial charge < -0.3 is 9.64 Å². The molecule has 1 aliphatic carbocycles. The first-order valence-corrected chi connectivity index (χ1v) is 8.99. The van der Waals surface area contributed by atoms with Crippen LogP contribution >= 0.6 is 0 Å². The van der Waals surface area contributed by atoms with Gasteiger partial charge in [0.15, 0.2) is 0 Å². The molecule has 1 aromatic rings. The largest absolute Gasteiger partial charge is 0.492 e. The lowest BCUT2D eigenvalue weighted by atomic mass is 9.84. The van der Waals surface area contributed by atoms with Crippen LogP contribution in [0.2, 0.25) is 0 Å². The summed E-state index contributed by atoms with van der Waals surface area (Å²) in [5, 5.41) is 0. The second-order valence-electron chi connectivity index (χ2n) is 7.18. The van der Waals surface area contributed by atoms with Gasteiger partial charge in [0.2, 0.25) is 0 Å². The Bertz CT molecular complexity index is 603. The molecule has 0 bridgehead atoms. The van der Waals surface area contributed by atoms with E-state index in [1.165, 1.54) is 37.7 Å². The molecule has 2 fully saturated rings. The van der Waals surface area contributed by atoms with E-state index in [-0.39, 0.29) is 18.0 Å².